The molecule has 1 aromatic rings. The predicted molar refractivity (Wildman–Crippen MR) is 68.0 cm³/mol. The first-order valence-electron chi connectivity index (χ1n) is 6.42. The number of carbonyl (C=O) groups excluding carboxylic acids is 1. The number of anilines is 1. The number of hydrogen-bond donors (Lipinski definition) is 2. The molecule has 0 aliphatic heterocycles. The van der Waals surface area contributed by atoms with Crippen molar-refractivity contribution in [3.8, 4) is 0 Å². The Hall–Kier alpha value is -1.56. The van der Waals surface area contributed by atoms with Crippen molar-refractivity contribution in [1.82, 2.24) is 15.2 Å². The van der Waals surface area contributed by atoms with Crippen LogP contribution in [0.2, 0.25) is 0 Å². The average Bonchev–Trinajstić information content (AvgIpc) is 2.35. The second kappa shape index (κ2) is 4.97. The van der Waals surface area contributed by atoms with Crippen LogP contribution in [0.3, 0.4) is 0 Å². The maximum absolute atomic E-state index is 11.9. The first-order chi connectivity index (χ1) is 8.59. The Bertz CT molecular complexity index is 456. The van der Waals surface area contributed by atoms with E-state index >= 15 is 0 Å². The Kier molecular flexibility index (Phi) is 3.56. The van der Waals surface area contributed by atoms with Crippen LogP contribution in [0.15, 0.2) is 0 Å². The minimum absolute atomic E-state index is 0.207. The van der Waals surface area contributed by atoms with Crippen molar-refractivity contribution in [2.45, 2.75) is 51.5 Å². The van der Waals surface area contributed by atoms with E-state index in [0.29, 0.717) is 0 Å². The van der Waals surface area contributed by atoms with Gasteiger partial charge < -0.3 is 5.73 Å². The van der Waals surface area contributed by atoms with Gasteiger partial charge in [0.15, 0.2) is 0 Å². The molecule has 1 heterocycles. The maximum Gasteiger partial charge on any atom is 0.249 e. The molecule has 0 atom stereocenters. The van der Waals surface area contributed by atoms with Crippen molar-refractivity contribution >= 4 is 11.9 Å². The van der Waals surface area contributed by atoms with Gasteiger partial charge in [0.25, 0.3) is 0 Å². The van der Waals surface area contributed by atoms with E-state index in [-0.39, 0.29) is 11.9 Å². The summed E-state index contributed by atoms with van der Waals surface area (Å²) >= 11 is 0. The summed E-state index contributed by atoms with van der Waals surface area (Å²) in [6.45, 7) is 4.01. The third kappa shape index (κ3) is 2.33. The van der Waals surface area contributed by atoms with Gasteiger partial charge >= 0.3 is 0 Å². The number of rotatable bonds is 4. The number of hydrogen-bond acceptors (Lipinski definition) is 5. The summed E-state index contributed by atoms with van der Waals surface area (Å²) in [5.41, 5.74) is 6.95. The van der Waals surface area contributed by atoms with Gasteiger partial charge in [0, 0.05) is 0 Å². The molecule has 1 aromatic heterocycles. The van der Waals surface area contributed by atoms with Gasteiger partial charge in [-0.2, -0.15) is 0 Å². The molecule has 6 heteroatoms. The monoisotopic (exact) mass is 249 g/mol. The van der Waals surface area contributed by atoms with Crippen molar-refractivity contribution < 1.29 is 4.79 Å². The highest BCUT2D eigenvalue weighted by Crippen LogP contribution is 2.29. The highest BCUT2D eigenvalue weighted by Gasteiger charge is 2.40. The fourth-order valence-electron chi connectivity index (χ4n) is 2.00. The van der Waals surface area contributed by atoms with Crippen LogP contribution in [-0.4, -0.2) is 26.6 Å². The molecule has 0 bridgehead atoms. The van der Waals surface area contributed by atoms with E-state index in [0.717, 1.165) is 43.5 Å². The molecule has 18 heavy (non-hydrogen) atoms. The maximum atomic E-state index is 11.9. The second-order valence-electron chi connectivity index (χ2n) is 4.70. The fraction of sp³-hybridized carbons (Fsp3) is 0.667. The molecule has 1 fully saturated rings. The highest BCUT2D eigenvalue weighted by molar-refractivity contribution is 5.97. The Morgan fingerprint density at radius 3 is 2.44 bits per heavy atom. The van der Waals surface area contributed by atoms with Crippen LogP contribution >= 0.6 is 0 Å². The molecule has 98 valence electrons. The van der Waals surface area contributed by atoms with Gasteiger partial charge in [0.2, 0.25) is 11.9 Å². The number of carbonyl (C=O) groups is 1. The lowest BCUT2D eigenvalue weighted by atomic mass is 9.77. The number of amides is 1. The number of aryl methyl sites for hydroxylation is 2. The van der Waals surface area contributed by atoms with Crippen LogP contribution in [0.25, 0.3) is 0 Å². The van der Waals surface area contributed by atoms with Gasteiger partial charge in [-0.15, -0.1) is 10.2 Å². The molecule has 0 radical (unpaired) electrons. The summed E-state index contributed by atoms with van der Waals surface area (Å²) in [6.07, 6.45) is 4.01. The zero-order valence-corrected chi connectivity index (χ0v) is 10.9. The van der Waals surface area contributed by atoms with Crippen molar-refractivity contribution in [1.29, 1.82) is 0 Å². The van der Waals surface area contributed by atoms with Crippen molar-refractivity contribution in [2.75, 3.05) is 5.32 Å². The predicted octanol–water partition coefficient (Wildman–Crippen LogP) is 0.816. The number of nitrogens with zero attached hydrogens (tertiary/aromatic N) is 3. The first kappa shape index (κ1) is 12.9. The average molecular weight is 249 g/mol. The van der Waals surface area contributed by atoms with Crippen LogP contribution in [0.1, 0.15) is 44.5 Å². The standard InChI is InChI=1S/C12H19N5O/c1-3-8-9(4-2)16-17-11(14-8)15-10(18)12(13)6-5-7-12/h3-7,13H2,1-2H3,(H,14,15,17,18). The van der Waals surface area contributed by atoms with Gasteiger partial charge in [-0.25, -0.2) is 4.98 Å². The summed E-state index contributed by atoms with van der Waals surface area (Å²) in [5, 5.41) is 10.7. The fourth-order valence-corrected chi connectivity index (χ4v) is 2.00. The Balaban J connectivity index is 2.12. The van der Waals surface area contributed by atoms with Crippen LogP contribution < -0.4 is 11.1 Å². The molecule has 1 aliphatic carbocycles. The van der Waals surface area contributed by atoms with Crippen LogP contribution in [-0.2, 0) is 17.6 Å². The SMILES string of the molecule is CCc1nnc(NC(=O)C2(N)CCC2)nc1CC. The summed E-state index contributed by atoms with van der Waals surface area (Å²) in [4.78, 5) is 16.2. The van der Waals surface area contributed by atoms with Crippen LogP contribution in [0.5, 0.6) is 0 Å². The molecular weight excluding hydrogens is 230 g/mol. The van der Waals surface area contributed by atoms with Crippen LogP contribution in [0, 0.1) is 0 Å². The lowest BCUT2D eigenvalue weighted by molar-refractivity contribution is -0.123. The van der Waals surface area contributed by atoms with Gasteiger partial charge in [0.1, 0.15) is 0 Å². The van der Waals surface area contributed by atoms with Gasteiger partial charge in [-0.1, -0.05) is 13.8 Å². The van der Waals surface area contributed by atoms with E-state index in [2.05, 4.69) is 20.5 Å². The normalized spacial score (nSPS) is 17.1. The van der Waals surface area contributed by atoms with E-state index in [1.807, 2.05) is 13.8 Å². The lowest BCUT2D eigenvalue weighted by Crippen LogP contribution is -2.56. The molecule has 3 N–H and O–H groups in total. The van der Waals surface area contributed by atoms with Crippen molar-refractivity contribution in [3.63, 3.8) is 0 Å². The molecule has 0 aromatic carbocycles. The zero-order valence-electron chi connectivity index (χ0n) is 10.9. The van der Waals surface area contributed by atoms with Gasteiger partial charge in [-0.3, -0.25) is 10.1 Å². The number of nitrogens with two attached hydrogens (primary N) is 1. The Labute approximate surface area is 106 Å². The lowest BCUT2D eigenvalue weighted by Gasteiger charge is -2.35. The van der Waals surface area contributed by atoms with E-state index in [1.165, 1.54) is 0 Å². The smallest absolute Gasteiger partial charge is 0.249 e. The molecular formula is C12H19N5O. The summed E-state index contributed by atoms with van der Waals surface area (Å²) in [6, 6.07) is 0. The molecule has 2 rings (SSSR count). The van der Waals surface area contributed by atoms with E-state index in [4.69, 9.17) is 5.73 Å². The molecule has 6 nitrogen and oxygen atoms in total. The quantitative estimate of drug-likeness (QED) is 0.823. The highest BCUT2D eigenvalue weighted by atomic mass is 16.2. The van der Waals surface area contributed by atoms with Crippen molar-refractivity contribution in [2.24, 2.45) is 5.73 Å². The molecule has 0 unspecified atom stereocenters. The third-order valence-electron chi connectivity index (χ3n) is 3.43. The summed E-state index contributed by atoms with van der Waals surface area (Å²) in [7, 11) is 0. The summed E-state index contributed by atoms with van der Waals surface area (Å²) in [5.74, 6) is 0.0487. The van der Waals surface area contributed by atoms with Crippen molar-refractivity contribution in [3.05, 3.63) is 11.4 Å². The first-order valence-corrected chi connectivity index (χ1v) is 6.42. The minimum atomic E-state index is -0.737. The summed E-state index contributed by atoms with van der Waals surface area (Å²) < 4.78 is 0. The largest absolute Gasteiger partial charge is 0.317 e. The molecule has 1 saturated carbocycles. The van der Waals surface area contributed by atoms with Gasteiger partial charge in [0.05, 0.1) is 16.9 Å². The number of nitrogens with one attached hydrogen (secondary N) is 1. The number of aromatic nitrogens is 3. The van der Waals surface area contributed by atoms with E-state index in [9.17, 15) is 4.79 Å². The molecule has 1 amide bonds. The molecule has 1 aliphatic rings. The van der Waals surface area contributed by atoms with Gasteiger partial charge in [-0.05, 0) is 32.1 Å². The van der Waals surface area contributed by atoms with E-state index in [1.54, 1.807) is 0 Å². The third-order valence-corrected chi connectivity index (χ3v) is 3.43. The molecule has 0 saturated heterocycles. The Morgan fingerprint density at radius 2 is 1.94 bits per heavy atom. The van der Waals surface area contributed by atoms with E-state index < -0.39 is 5.54 Å². The topological polar surface area (TPSA) is 93.8 Å². The van der Waals surface area contributed by atoms with Crippen LogP contribution in [0.4, 0.5) is 5.95 Å². The second-order valence-corrected chi connectivity index (χ2v) is 4.70. The zero-order chi connectivity index (χ0) is 13.2. The Morgan fingerprint density at radius 1 is 1.28 bits per heavy atom. The minimum Gasteiger partial charge on any atom is -0.317 e. The molecule has 0 spiro atoms.